The van der Waals surface area contributed by atoms with Crippen molar-refractivity contribution in [2.75, 3.05) is 5.75 Å². The molecule has 2 saturated carbocycles. The molecule has 1 unspecified atom stereocenters. The van der Waals surface area contributed by atoms with E-state index < -0.39 is 0 Å². The highest BCUT2D eigenvalue weighted by Gasteiger charge is 2.22. The van der Waals surface area contributed by atoms with Crippen molar-refractivity contribution in [3.05, 3.63) is 0 Å². The molecule has 0 saturated heterocycles. The summed E-state index contributed by atoms with van der Waals surface area (Å²) in [4.78, 5) is 0. The first-order valence-corrected chi connectivity index (χ1v) is 8.28. The molecule has 0 aromatic heterocycles. The third-order valence-electron chi connectivity index (χ3n) is 4.33. The van der Waals surface area contributed by atoms with Crippen LogP contribution in [0.2, 0.25) is 0 Å². The Hall–Kier alpha value is 0.310. The Labute approximate surface area is 105 Å². The van der Waals surface area contributed by atoms with Crippen LogP contribution in [0.5, 0.6) is 0 Å². The van der Waals surface area contributed by atoms with Crippen molar-refractivity contribution in [3.8, 4) is 0 Å². The molecule has 0 aliphatic heterocycles. The summed E-state index contributed by atoms with van der Waals surface area (Å²) in [7, 11) is 0. The van der Waals surface area contributed by atoms with Crippen molar-refractivity contribution in [2.24, 2.45) is 11.7 Å². The lowest BCUT2D eigenvalue weighted by atomic mass is 9.94. The van der Waals surface area contributed by atoms with Crippen molar-refractivity contribution in [2.45, 2.75) is 75.5 Å². The normalized spacial score (nSPS) is 26.8. The summed E-state index contributed by atoms with van der Waals surface area (Å²) < 4.78 is 0. The van der Waals surface area contributed by atoms with Gasteiger partial charge in [-0.1, -0.05) is 38.5 Å². The van der Waals surface area contributed by atoms with E-state index in [0.29, 0.717) is 6.04 Å². The first-order chi connectivity index (χ1) is 7.86. The molecular weight excluding hydrogens is 214 g/mol. The predicted octanol–water partition coefficient (Wildman–Crippen LogP) is 3.96. The molecule has 0 radical (unpaired) electrons. The molecule has 2 fully saturated rings. The molecule has 2 aliphatic rings. The minimum absolute atomic E-state index is 0.476. The first-order valence-electron chi connectivity index (χ1n) is 7.23. The van der Waals surface area contributed by atoms with Crippen molar-refractivity contribution in [1.29, 1.82) is 0 Å². The highest BCUT2D eigenvalue weighted by molar-refractivity contribution is 7.99. The Morgan fingerprint density at radius 2 is 1.44 bits per heavy atom. The Kier molecular flexibility index (Phi) is 5.51. The number of thioether (sulfide) groups is 1. The zero-order valence-electron chi connectivity index (χ0n) is 10.5. The van der Waals surface area contributed by atoms with Crippen LogP contribution in [0.1, 0.15) is 64.2 Å². The van der Waals surface area contributed by atoms with Gasteiger partial charge in [-0.2, -0.15) is 11.8 Å². The molecule has 1 nitrogen and oxygen atoms in total. The second-order valence-electron chi connectivity index (χ2n) is 5.66. The van der Waals surface area contributed by atoms with Gasteiger partial charge in [-0.25, -0.2) is 0 Å². The molecule has 16 heavy (non-hydrogen) atoms. The minimum atomic E-state index is 0.476. The van der Waals surface area contributed by atoms with Crippen molar-refractivity contribution >= 4 is 11.8 Å². The number of nitrogens with two attached hydrogens (primary N) is 1. The van der Waals surface area contributed by atoms with Gasteiger partial charge in [-0.3, -0.25) is 0 Å². The van der Waals surface area contributed by atoms with Gasteiger partial charge in [0.2, 0.25) is 0 Å². The maximum absolute atomic E-state index is 6.38. The number of rotatable bonds is 4. The average molecular weight is 241 g/mol. The maximum Gasteiger partial charge on any atom is 0.0159 e. The summed E-state index contributed by atoms with van der Waals surface area (Å²) >= 11 is 2.17. The number of hydrogen-bond acceptors (Lipinski definition) is 2. The second-order valence-corrected chi connectivity index (χ2v) is 6.99. The predicted molar refractivity (Wildman–Crippen MR) is 73.9 cm³/mol. The monoisotopic (exact) mass is 241 g/mol. The quantitative estimate of drug-likeness (QED) is 0.754. The molecule has 2 N–H and O–H groups in total. The lowest BCUT2D eigenvalue weighted by Gasteiger charge is -2.23. The van der Waals surface area contributed by atoms with Crippen LogP contribution >= 0.6 is 11.8 Å². The van der Waals surface area contributed by atoms with Crippen molar-refractivity contribution < 1.29 is 0 Å². The fourth-order valence-electron chi connectivity index (χ4n) is 3.18. The molecule has 0 amide bonds. The molecule has 2 rings (SSSR count). The van der Waals surface area contributed by atoms with Gasteiger partial charge < -0.3 is 5.73 Å². The standard InChI is InChI=1S/C14H27NS/c15-14(11-16-13-9-5-6-10-13)12-7-3-1-2-4-8-12/h12-14H,1-11,15H2. The van der Waals surface area contributed by atoms with E-state index in [2.05, 4.69) is 11.8 Å². The Bertz CT molecular complexity index is 181. The first kappa shape index (κ1) is 12.8. The minimum Gasteiger partial charge on any atom is -0.327 e. The van der Waals surface area contributed by atoms with E-state index in [0.717, 1.165) is 11.2 Å². The van der Waals surface area contributed by atoms with Crippen LogP contribution < -0.4 is 5.73 Å². The van der Waals surface area contributed by atoms with Crippen LogP contribution in [0.3, 0.4) is 0 Å². The Morgan fingerprint density at radius 3 is 2.06 bits per heavy atom. The van der Waals surface area contributed by atoms with Crippen LogP contribution in [-0.4, -0.2) is 17.0 Å². The van der Waals surface area contributed by atoms with Gasteiger partial charge in [0.15, 0.2) is 0 Å². The topological polar surface area (TPSA) is 26.0 Å². The smallest absolute Gasteiger partial charge is 0.0159 e. The molecule has 0 aromatic rings. The summed E-state index contributed by atoms with van der Waals surface area (Å²) in [6, 6.07) is 0.476. The highest BCUT2D eigenvalue weighted by Crippen LogP contribution is 2.32. The third-order valence-corrected chi connectivity index (χ3v) is 5.85. The number of hydrogen-bond donors (Lipinski definition) is 1. The lowest BCUT2D eigenvalue weighted by Crippen LogP contribution is -2.32. The van der Waals surface area contributed by atoms with E-state index in [1.165, 1.54) is 70.0 Å². The van der Waals surface area contributed by atoms with Crippen molar-refractivity contribution in [1.82, 2.24) is 0 Å². The van der Waals surface area contributed by atoms with Gasteiger partial charge in [0.05, 0.1) is 0 Å². The Morgan fingerprint density at radius 1 is 0.875 bits per heavy atom. The van der Waals surface area contributed by atoms with Gasteiger partial charge in [-0.05, 0) is 31.6 Å². The van der Waals surface area contributed by atoms with Gasteiger partial charge in [-0.15, -0.1) is 0 Å². The summed E-state index contributed by atoms with van der Waals surface area (Å²) in [5.74, 6) is 2.05. The molecule has 0 bridgehead atoms. The second kappa shape index (κ2) is 6.90. The largest absolute Gasteiger partial charge is 0.327 e. The average Bonchev–Trinajstić information content (AvgIpc) is 2.66. The maximum atomic E-state index is 6.38. The summed E-state index contributed by atoms with van der Waals surface area (Å²) in [6.07, 6.45) is 14.3. The zero-order chi connectivity index (χ0) is 11.2. The van der Waals surface area contributed by atoms with Gasteiger partial charge in [0.1, 0.15) is 0 Å². The van der Waals surface area contributed by atoms with Crippen LogP contribution in [0.4, 0.5) is 0 Å². The SMILES string of the molecule is NC(CSC1CCCC1)C1CCCCCC1. The van der Waals surface area contributed by atoms with E-state index in [9.17, 15) is 0 Å². The van der Waals surface area contributed by atoms with Gasteiger partial charge >= 0.3 is 0 Å². The van der Waals surface area contributed by atoms with Gasteiger partial charge in [0, 0.05) is 17.0 Å². The summed E-state index contributed by atoms with van der Waals surface area (Å²) in [5.41, 5.74) is 6.38. The summed E-state index contributed by atoms with van der Waals surface area (Å²) in [6.45, 7) is 0. The molecule has 2 heteroatoms. The molecule has 1 atom stereocenters. The van der Waals surface area contributed by atoms with Gasteiger partial charge in [0.25, 0.3) is 0 Å². The van der Waals surface area contributed by atoms with E-state index in [4.69, 9.17) is 5.73 Å². The van der Waals surface area contributed by atoms with Crippen LogP contribution in [0, 0.1) is 5.92 Å². The molecule has 94 valence electrons. The van der Waals surface area contributed by atoms with Crippen LogP contribution in [-0.2, 0) is 0 Å². The molecule has 0 heterocycles. The fraction of sp³-hybridized carbons (Fsp3) is 1.00. The molecule has 0 spiro atoms. The zero-order valence-corrected chi connectivity index (χ0v) is 11.3. The van der Waals surface area contributed by atoms with E-state index in [-0.39, 0.29) is 0 Å². The molecular formula is C14H27NS. The third kappa shape index (κ3) is 3.96. The van der Waals surface area contributed by atoms with E-state index in [1.54, 1.807) is 0 Å². The fourth-order valence-corrected chi connectivity index (χ4v) is 4.61. The summed E-state index contributed by atoms with van der Waals surface area (Å²) in [5, 5.41) is 0.942. The van der Waals surface area contributed by atoms with Crippen LogP contribution in [0.25, 0.3) is 0 Å². The van der Waals surface area contributed by atoms with E-state index >= 15 is 0 Å². The van der Waals surface area contributed by atoms with E-state index in [1.807, 2.05) is 0 Å². The van der Waals surface area contributed by atoms with Crippen LogP contribution in [0.15, 0.2) is 0 Å². The molecule has 0 aromatic carbocycles. The lowest BCUT2D eigenvalue weighted by molar-refractivity contribution is 0.397. The van der Waals surface area contributed by atoms with Crippen molar-refractivity contribution in [3.63, 3.8) is 0 Å². The molecule has 2 aliphatic carbocycles. The Balaban J connectivity index is 1.66. The highest BCUT2D eigenvalue weighted by atomic mass is 32.2.